The number of rotatable bonds is 1. The topological polar surface area (TPSA) is 12.0 Å². The molecule has 0 amide bonds. The lowest BCUT2D eigenvalue weighted by molar-refractivity contribution is -0.0415. The number of alkyl halides is 2. The van der Waals surface area contributed by atoms with Crippen LogP contribution in [0.25, 0.3) is 0 Å². The number of halogens is 3. The van der Waals surface area contributed by atoms with E-state index in [1.807, 2.05) is 31.2 Å². The molecule has 1 nitrogen and oxygen atoms in total. The fourth-order valence-electron chi connectivity index (χ4n) is 1.94. The predicted molar refractivity (Wildman–Crippen MR) is 63.4 cm³/mol. The van der Waals surface area contributed by atoms with Crippen LogP contribution in [-0.4, -0.2) is 12.5 Å². The lowest BCUT2D eigenvalue weighted by Gasteiger charge is -2.30. The van der Waals surface area contributed by atoms with E-state index in [2.05, 4.69) is 5.32 Å². The zero-order chi connectivity index (χ0) is 10.9. The van der Waals surface area contributed by atoms with Crippen LogP contribution in [0.4, 0.5) is 8.78 Å². The van der Waals surface area contributed by atoms with Crippen molar-refractivity contribution >= 4 is 12.4 Å². The van der Waals surface area contributed by atoms with Crippen molar-refractivity contribution in [1.82, 2.24) is 5.32 Å². The van der Waals surface area contributed by atoms with E-state index in [0.717, 1.165) is 11.1 Å². The van der Waals surface area contributed by atoms with Crippen LogP contribution in [0.5, 0.6) is 0 Å². The number of piperidine rings is 1. The Kier molecular flexibility index (Phi) is 4.28. The molecule has 1 aliphatic rings. The lowest BCUT2D eigenvalue weighted by Crippen LogP contribution is -2.38. The zero-order valence-electron chi connectivity index (χ0n) is 9.17. The summed E-state index contributed by atoms with van der Waals surface area (Å²) >= 11 is 0. The van der Waals surface area contributed by atoms with Crippen molar-refractivity contribution in [3.8, 4) is 0 Å². The fourth-order valence-corrected chi connectivity index (χ4v) is 1.94. The van der Waals surface area contributed by atoms with E-state index >= 15 is 0 Å². The molecule has 0 aliphatic carbocycles. The Balaban J connectivity index is 0.00000128. The van der Waals surface area contributed by atoms with Gasteiger partial charge in [0.2, 0.25) is 0 Å². The largest absolute Gasteiger partial charge is 0.310 e. The molecule has 2 rings (SSSR count). The molecule has 16 heavy (non-hydrogen) atoms. The van der Waals surface area contributed by atoms with Crippen LogP contribution in [0.1, 0.15) is 30.0 Å². The summed E-state index contributed by atoms with van der Waals surface area (Å²) in [6.45, 7) is 2.39. The van der Waals surface area contributed by atoms with Gasteiger partial charge in [0.1, 0.15) is 0 Å². The van der Waals surface area contributed by atoms with E-state index in [9.17, 15) is 8.78 Å². The summed E-state index contributed by atoms with van der Waals surface area (Å²) in [7, 11) is 0. The molecule has 0 aromatic heterocycles. The Morgan fingerprint density at radius 2 is 1.88 bits per heavy atom. The second-order valence-corrected chi connectivity index (χ2v) is 4.23. The highest BCUT2D eigenvalue weighted by atomic mass is 35.5. The standard InChI is InChI=1S/C12H15F2N.ClH/c1-9-2-4-10(5-3-9)11-8-12(13,14)6-7-15-11;/h2-5,11,15H,6-8H2,1H3;1H. The first-order chi connectivity index (χ1) is 7.07. The Labute approximate surface area is 101 Å². The second-order valence-electron chi connectivity index (χ2n) is 4.23. The van der Waals surface area contributed by atoms with Gasteiger partial charge in [0.05, 0.1) is 0 Å². The van der Waals surface area contributed by atoms with Crippen LogP contribution in [-0.2, 0) is 0 Å². The SMILES string of the molecule is Cc1ccc(C2CC(F)(F)CCN2)cc1.Cl. The van der Waals surface area contributed by atoms with E-state index < -0.39 is 5.92 Å². The Hall–Kier alpha value is -0.670. The normalized spacial score (nSPS) is 23.6. The molecule has 1 unspecified atom stereocenters. The van der Waals surface area contributed by atoms with E-state index in [0.29, 0.717) is 6.54 Å². The van der Waals surface area contributed by atoms with Gasteiger partial charge in [0.25, 0.3) is 5.92 Å². The highest BCUT2D eigenvalue weighted by Gasteiger charge is 2.36. The Morgan fingerprint density at radius 3 is 2.44 bits per heavy atom. The molecule has 1 aromatic carbocycles. The van der Waals surface area contributed by atoms with Gasteiger partial charge >= 0.3 is 0 Å². The average Bonchev–Trinajstić information content (AvgIpc) is 2.17. The fraction of sp³-hybridized carbons (Fsp3) is 0.500. The molecule has 4 heteroatoms. The predicted octanol–water partition coefficient (Wildman–Crippen LogP) is 3.48. The maximum Gasteiger partial charge on any atom is 0.251 e. The Morgan fingerprint density at radius 1 is 1.25 bits per heavy atom. The highest BCUT2D eigenvalue weighted by Crippen LogP contribution is 2.34. The molecule has 1 N–H and O–H groups in total. The van der Waals surface area contributed by atoms with Gasteiger partial charge in [0, 0.05) is 25.4 Å². The molecule has 1 saturated heterocycles. The molecule has 0 radical (unpaired) electrons. The molecule has 1 heterocycles. The van der Waals surface area contributed by atoms with Crippen molar-refractivity contribution in [2.45, 2.75) is 31.7 Å². The summed E-state index contributed by atoms with van der Waals surface area (Å²) in [5, 5.41) is 3.13. The van der Waals surface area contributed by atoms with E-state index in [1.165, 1.54) is 0 Å². The highest BCUT2D eigenvalue weighted by molar-refractivity contribution is 5.85. The van der Waals surface area contributed by atoms with Crippen molar-refractivity contribution < 1.29 is 8.78 Å². The number of aryl methyl sites for hydroxylation is 1. The van der Waals surface area contributed by atoms with Gasteiger partial charge in [-0.25, -0.2) is 8.78 Å². The maximum atomic E-state index is 13.2. The first kappa shape index (κ1) is 13.4. The van der Waals surface area contributed by atoms with Crippen LogP contribution in [0, 0.1) is 6.92 Å². The average molecular weight is 248 g/mol. The van der Waals surface area contributed by atoms with E-state index in [1.54, 1.807) is 0 Å². The van der Waals surface area contributed by atoms with Gasteiger partial charge in [-0.3, -0.25) is 0 Å². The third kappa shape index (κ3) is 3.16. The van der Waals surface area contributed by atoms with Gasteiger partial charge in [-0.1, -0.05) is 29.8 Å². The van der Waals surface area contributed by atoms with Crippen molar-refractivity contribution in [3.63, 3.8) is 0 Å². The van der Waals surface area contributed by atoms with Gasteiger partial charge < -0.3 is 5.32 Å². The van der Waals surface area contributed by atoms with Gasteiger partial charge in [-0.2, -0.15) is 0 Å². The van der Waals surface area contributed by atoms with Crippen LogP contribution in [0.3, 0.4) is 0 Å². The molecule has 1 atom stereocenters. The van der Waals surface area contributed by atoms with Gasteiger partial charge in [-0.05, 0) is 12.5 Å². The Bertz CT molecular complexity index is 337. The minimum absolute atomic E-state index is 0. The molecule has 1 aromatic rings. The van der Waals surface area contributed by atoms with Crippen molar-refractivity contribution in [3.05, 3.63) is 35.4 Å². The third-order valence-corrected chi connectivity index (χ3v) is 2.86. The summed E-state index contributed by atoms with van der Waals surface area (Å²) in [6, 6.07) is 7.57. The summed E-state index contributed by atoms with van der Waals surface area (Å²) in [4.78, 5) is 0. The number of nitrogens with one attached hydrogen (secondary N) is 1. The quantitative estimate of drug-likeness (QED) is 0.801. The van der Waals surface area contributed by atoms with Gasteiger partial charge in [-0.15, -0.1) is 12.4 Å². The summed E-state index contributed by atoms with van der Waals surface area (Å²) in [6.07, 6.45) is -0.134. The van der Waals surface area contributed by atoms with Crippen LogP contribution >= 0.6 is 12.4 Å². The molecule has 0 spiro atoms. The van der Waals surface area contributed by atoms with Gasteiger partial charge in [0.15, 0.2) is 0 Å². The molecule has 90 valence electrons. The van der Waals surface area contributed by atoms with E-state index in [-0.39, 0.29) is 31.3 Å². The summed E-state index contributed by atoms with van der Waals surface area (Å²) < 4.78 is 26.4. The molecular weight excluding hydrogens is 232 g/mol. The second kappa shape index (κ2) is 5.11. The van der Waals surface area contributed by atoms with Crippen molar-refractivity contribution in [2.75, 3.05) is 6.54 Å². The maximum absolute atomic E-state index is 13.2. The minimum Gasteiger partial charge on any atom is -0.310 e. The van der Waals surface area contributed by atoms with Crippen LogP contribution < -0.4 is 5.32 Å². The van der Waals surface area contributed by atoms with Crippen molar-refractivity contribution in [1.29, 1.82) is 0 Å². The van der Waals surface area contributed by atoms with Crippen LogP contribution in [0.15, 0.2) is 24.3 Å². The lowest BCUT2D eigenvalue weighted by atomic mass is 9.94. The molecular formula is C12H16ClF2N. The minimum atomic E-state index is -2.51. The molecule has 1 fully saturated rings. The first-order valence-electron chi connectivity index (χ1n) is 5.25. The van der Waals surface area contributed by atoms with Crippen LogP contribution in [0.2, 0.25) is 0 Å². The third-order valence-electron chi connectivity index (χ3n) is 2.86. The summed E-state index contributed by atoms with van der Waals surface area (Å²) in [5.41, 5.74) is 2.11. The number of benzene rings is 1. The molecule has 0 bridgehead atoms. The van der Waals surface area contributed by atoms with E-state index in [4.69, 9.17) is 0 Å². The number of hydrogen-bond donors (Lipinski definition) is 1. The summed E-state index contributed by atoms with van der Waals surface area (Å²) in [5.74, 6) is -2.51. The smallest absolute Gasteiger partial charge is 0.251 e. The van der Waals surface area contributed by atoms with Crippen molar-refractivity contribution in [2.24, 2.45) is 0 Å². The number of hydrogen-bond acceptors (Lipinski definition) is 1. The monoisotopic (exact) mass is 247 g/mol. The zero-order valence-corrected chi connectivity index (χ0v) is 9.99. The molecule has 1 aliphatic heterocycles. The first-order valence-corrected chi connectivity index (χ1v) is 5.25. The molecule has 0 saturated carbocycles.